The Morgan fingerprint density at radius 1 is 1.38 bits per heavy atom. The molecule has 2 aliphatic heterocycles. The number of carbonyl (C=O) groups is 1. The summed E-state index contributed by atoms with van der Waals surface area (Å²) in [7, 11) is 0. The second-order valence-electron chi connectivity index (χ2n) is 7.28. The molecule has 1 aromatic carbocycles. The summed E-state index contributed by atoms with van der Waals surface area (Å²) in [5.74, 6) is -2.47. The van der Waals surface area contributed by atoms with Crippen molar-refractivity contribution in [3.8, 4) is 0 Å². The highest BCUT2D eigenvalue weighted by Crippen LogP contribution is 2.43. The van der Waals surface area contributed by atoms with Crippen LogP contribution in [0.2, 0.25) is 0 Å². The Kier molecular flexibility index (Phi) is 4.96. The van der Waals surface area contributed by atoms with Crippen molar-refractivity contribution in [2.45, 2.75) is 50.3 Å². The molecule has 0 radical (unpaired) electrons. The Hall–Kier alpha value is -2.85. The maximum Gasteiger partial charge on any atom is 0.293 e. The lowest BCUT2D eigenvalue weighted by atomic mass is 9.79. The van der Waals surface area contributed by atoms with Crippen LogP contribution in [0.25, 0.3) is 0 Å². The van der Waals surface area contributed by atoms with Gasteiger partial charge >= 0.3 is 0 Å². The highest BCUT2D eigenvalue weighted by Gasteiger charge is 2.49. The van der Waals surface area contributed by atoms with Gasteiger partial charge in [0.2, 0.25) is 6.23 Å². The molecular formula is C18H19F5N4O2. The molecule has 3 rings (SSSR count). The van der Waals surface area contributed by atoms with Gasteiger partial charge in [0.05, 0.1) is 0 Å². The van der Waals surface area contributed by atoms with Crippen LogP contribution < -0.4 is 16.4 Å². The third-order valence-electron chi connectivity index (χ3n) is 5.13. The van der Waals surface area contributed by atoms with Gasteiger partial charge in [0.15, 0.2) is 5.67 Å². The highest BCUT2D eigenvalue weighted by atomic mass is 19.3. The molecular weight excluding hydrogens is 399 g/mol. The fourth-order valence-electron chi connectivity index (χ4n) is 3.38. The van der Waals surface area contributed by atoms with Gasteiger partial charge in [-0.25, -0.2) is 22.0 Å². The van der Waals surface area contributed by atoms with Crippen molar-refractivity contribution in [3.05, 3.63) is 41.5 Å². The van der Waals surface area contributed by atoms with Crippen LogP contribution in [0.5, 0.6) is 0 Å². The van der Waals surface area contributed by atoms with E-state index in [1.165, 1.54) is 6.92 Å². The average Bonchev–Trinajstić information content (AvgIpc) is 3.06. The third kappa shape index (κ3) is 3.38. The lowest BCUT2D eigenvalue weighted by Crippen LogP contribution is -2.51. The van der Waals surface area contributed by atoms with E-state index in [0.29, 0.717) is 0 Å². The van der Waals surface area contributed by atoms with Crippen LogP contribution in [0.15, 0.2) is 35.2 Å². The fraction of sp³-hybridized carbons (Fsp3) is 0.444. The molecule has 2 aliphatic rings. The van der Waals surface area contributed by atoms with Gasteiger partial charge in [-0.2, -0.15) is 0 Å². The number of hydrogen-bond donors (Lipinski definition) is 2. The van der Waals surface area contributed by atoms with E-state index >= 15 is 0 Å². The van der Waals surface area contributed by atoms with Gasteiger partial charge in [-0.15, -0.1) is 0 Å². The maximum absolute atomic E-state index is 14.9. The Bertz CT molecular complexity index is 904. The van der Waals surface area contributed by atoms with Gasteiger partial charge < -0.3 is 16.2 Å². The zero-order chi connectivity index (χ0) is 21.7. The normalized spacial score (nSPS) is 32.1. The predicted molar refractivity (Wildman–Crippen MR) is 95.0 cm³/mol. The van der Waals surface area contributed by atoms with E-state index in [2.05, 4.69) is 4.99 Å². The van der Waals surface area contributed by atoms with Crippen LogP contribution in [0, 0.1) is 5.82 Å². The third-order valence-corrected chi connectivity index (χ3v) is 5.13. The summed E-state index contributed by atoms with van der Waals surface area (Å²) >= 11 is 0. The van der Waals surface area contributed by atoms with E-state index in [1.54, 1.807) is 0 Å². The first-order chi connectivity index (χ1) is 13.4. The van der Waals surface area contributed by atoms with Crippen LogP contribution >= 0.6 is 0 Å². The molecule has 158 valence electrons. The van der Waals surface area contributed by atoms with Crippen LogP contribution in [0.1, 0.15) is 25.8 Å². The molecule has 1 aromatic rings. The number of benzene rings is 1. The molecule has 11 heteroatoms. The number of nitrogens with two attached hydrogens (primary N) is 2. The molecule has 0 spiro atoms. The first-order valence-electron chi connectivity index (χ1n) is 8.60. The van der Waals surface area contributed by atoms with Gasteiger partial charge in [0.25, 0.3) is 12.3 Å². The number of amidine groups is 1. The molecule has 0 fully saturated rings. The summed E-state index contributed by atoms with van der Waals surface area (Å²) in [4.78, 5) is 16.2. The molecule has 4 N–H and O–H groups in total. The number of rotatable bonds is 4. The number of halogens is 5. The lowest BCUT2D eigenvalue weighted by Gasteiger charge is -2.39. The van der Waals surface area contributed by atoms with Crippen molar-refractivity contribution in [1.29, 1.82) is 0 Å². The number of hydrogen-bond acceptors (Lipinski definition) is 5. The minimum Gasteiger partial charge on any atom is -0.469 e. The minimum atomic E-state index is -3.04. The number of carbonyl (C=O) groups excluding carboxylic acids is 1. The fourth-order valence-corrected chi connectivity index (χ4v) is 3.38. The predicted octanol–water partition coefficient (Wildman–Crippen LogP) is 2.62. The number of nitrogens with zero attached hydrogens (tertiary/aromatic N) is 2. The van der Waals surface area contributed by atoms with Crippen LogP contribution in [0.4, 0.5) is 27.6 Å². The van der Waals surface area contributed by atoms with Crippen LogP contribution in [0.3, 0.4) is 0 Å². The largest absolute Gasteiger partial charge is 0.469 e. The minimum absolute atomic E-state index is 0.106. The zero-order valence-electron chi connectivity index (χ0n) is 15.5. The summed E-state index contributed by atoms with van der Waals surface area (Å²) in [6, 6.07) is 3.04. The quantitative estimate of drug-likeness (QED) is 0.735. The smallest absolute Gasteiger partial charge is 0.293 e. The van der Waals surface area contributed by atoms with E-state index in [1.807, 2.05) is 0 Å². The number of primary amides is 1. The van der Waals surface area contributed by atoms with Crippen molar-refractivity contribution >= 4 is 17.4 Å². The molecule has 6 nitrogen and oxygen atoms in total. The highest BCUT2D eigenvalue weighted by molar-refractivity contribution is 5.96. The summed E-state index contributed by atoms with van der Waals surface area (Å²) in [5, 5.41) is 0. The molecule has 0 bridgehead atoms. The van der Waals surface area contributed by atoms with Crippen molar-refractivity contribution in [2.24, 2.45) is 16.5 Å². The van der Waals surface area contributed by atoms with Crippen molar-refractivity contribution in [2.75, 3.05) is 4.90 Å². The van der Waals surface area contributed by atoms with Gasteiger partial charge in [0, 0.05) is 17.7 Å². The number of anilines is 1. The van der Waals surface area contributed by atoms with Crippen LogP contribution in [-0.4, -0.2) is 36.2 Å². The molecule has 29 heavy (non-hydrogen) atoms. The van der Waals surface area contributed by atoms with E-state index < -0.39 is 59.7 Å². The molecule has 1 amide bonds. The van der Waals surface area contributed by atoms with E-state index in [0.717, 1.165) is 36.3 Å². The van der Waals surface area contributed by atoms with Crippen LogP contribution in [-0.2, 0) is 15.1 Å². The number of amides is 1. The van der Waals surface area contributed by atoms with Gasteiger partial charge in [-0.3, -0.25) is 14.7 Å². The topological polar surface area (TPSA) is 93.9 Å². The Morgan fingerprint density at radius 2 is 2.03 bits per heavy atom. The molecule has 0 aliphatic carbocycles. The van der Waals surface area contributed by atoms with Crippen molar-refractivity contribution in [1.82, 2.24) is 0 Å². The monoisotopic (exact) mass is 418 g/mol. The molecule has 4 atom stereocenters. The molecule has 2 heterocycles. The molecule has 0 saturated carbocycles. The SMILES string of the molecule is C[C@@]1(F)C[C@H](F)[C@@](C)(c2cc(N3C(C(N)=O)=COC3C(F)F)ccc2F)N=C1N. The summed E-state index contributed by atoms with van der Waals surface area (Å²) in [5.41, 5.74) is 5.85. The van der Waals surface area contributed by atoms with Crippen molar-refractivity contribution in [3.63, 3.8) is 0 Å². The second-order valence-corrected chi connectivity index (χ2v) is 7.28. The first-order valence-corrected chi connectivity index (χ1v) is 8.60. The second kappa shape index (κ2) is 6.89. The van der Waals surface area contributed by atoms with Gasteiger partial charge in [-0.05, 0) is 32.0 Å². The maximum atomic E-state index is 14.9. The Labute approximate surface area is 163 Å². The average molecular weight is 418 g/mol. The van der Waals surface area contributed by atoms with E-state index in [4.69, 9.17) is 16.2 Å². The lowest BCUT2D eigenvalue weighted by molar-refractivity contribution is -0.114. The van der Waals surface area contributed by atoms with E-state index in [-0.39, 0.29) is 11.3 Å². The number of alkyl halides is 4. The number of ether oxygens (including phenoxy) is 1. The standard InChI is InChI=1S/C18H19F5N4O2/c1-17(23)6-12(20)18(2,26-16(17)25)9-5-8(3-4-10(9)19)27-11(14(24)28)7-29-15(27)13(21)22/h3-5,7,12-13,15H,6H2,1-2H3,(H2,24,28)(H2,25,26)/t12-,15?,17+,18+/m0/s1. The summed E-state index contributed by atoms with van der Waals surface area (Å²) in [6.07, 6.45) is -6.79. The summed E-state index contributed by atoms with van der Waals surface area (Å²) < 4.78 is 75.3. The molecule has 0 saturated heterocycles. The van der Waals surface area contributed by atoms with E-state index in [9.17, 15) is 26.7 Å². The molecule has 0 aromatic heterocycles. The van der Waals surface area contributed by atoms with Gasteiger partial charge in [0.1, 0.15) is 35.3 Å². The first kappa shape index (κ1) is 20.9. The number of aliphatic imine (C=N–C) groups is 1. The summed E-state index contributed by atoms with van der Waals surface area (Å²) in [6.45, 7) is 2.28. The Morgan fingerprint density at radius 3 is 2.62 bits per heavy atom. The Balaban J connectivity index is 2.13. The van der Waals surface area contributed by atoms with Gasteiger partial charge in [-0.1, -0.05) is 0 Å². The molecule has 1 unspecified atom stereocenters. The van der Waals surface area contributed by atoms with Crippen molar-refractivity contribution < 1.29 is 31.5 Å². The zero-order valence-corrected chi connectivity index (χ0v) is 15.5.